The number of nitrogen functional groups attached to an aromatic ring is 1. The summed E-state index contributed by atoms with van der Waals surface area (Å²) in [5, 5.41) is 0. The molecular weight excluding hydrogens is 132 g/mol. The Bertz CT molecular complexity index is 279. The van der Waals surface area contributed by atoms with Crippen molar-refractivity contribution < 1.29 is 4.74 Å². The zero-order chi connectivity index (χ0) is 7.56. The van der Waals surface area contributed by atoms with Crippen molar-refractivity contribution in [2.45, 2.75) is 0 Å². The highest BCUT2D eigenvalue weighted by Crippen LogP contribution is 2.13. The van der Waals surface area contributed by atoms with E-state index in [4.69, 9.17) is 10.5 Å². The maximum Gasteiger partial charge on any atom is 0.249 e. The number of methoxy groups -OCH3 is 1. The first-order valence-electron chi connectivity index (χ1n) is 2.77. The van der Waals surface area contributed by atoms with Gasteiger partial charge in [-0.2, -0.15) is 0 Å². The van der Waals surface area contributed by atoms with Crippen molar-refractivity contribution in [3.63, 3.8) is 0 Å². The average Bonchev–Trinajstić information content (AvgIpc) is 1.88. The fourth-order valence-electron chi connectivity index (χ4n) is 0.655. The largest absolute Gasteiger partial charge is 0.493 e. The molecule has 4 nitrogen and oxygen atoms in total. The van der Waals surface area contributed by atoms with Crippen LogP contribution in [0.4, 0.5) is 5.82 Å². The number of pyridine rings is 1. The van der Waals surface area contributed by atoms with Gasteiger partial charge in [0.25, 0.3) is 0 Å². The molecule has 0 saturated heterocycles. The van der Waals surface area contributed by atoms with Gasteiger partial charge in [-0.3, -0.25) is 4.79 Å². The number of ether oxygens (including phenoxy) is 1. The molecule has 0 radical (unpaired) electrons. The minimum atomic E-state index is -0.224. The summed E-state index contributed by atoms with van der Waals surface area (Å²) in [6, 6.07) is 2.88. The van der Waals surface area contributed by atoms with Gasteiger partial charge in [-0.15, -0.1) is 0 Å². The monoisotopic (exact) mass is 140 g/mol. The molecule has 4 heteroatoms. The first kappa shape index (κ1) is 6.67. The molecule has 1 heterocycles. The van der Waals surface area contributed by atoms with Gasteiger partial charge in [-0.1, -0.05) is 0 Å². The highest BCUT2D eigenvalue weighted by atomic mass is 16.5. The molecule has 0 aliphatic carbocycles. The smallest absolute Gasteiger partial charge is 0.249 e. The molecule has 0 fully saturated rings. The first-order valence-corrected chi connectivity index (χ1v) is 2.77. The van der Waals surface area contributed by atoms with Crippen LogP contribution in [0.5, 0.6) is 5.75 Å². The standard InChI is InChI=1S/C6H8N2O2/c1-10-4-2-3-5(9)8-6(4)7/h2-3H,1H3,(H3,7,8,9). The van der Waals surface area contributed by atoms with E-state index in [1.54, 1.807) is 0 Å². The summed E-state index contributed by atoms with van der Waals surface area (Å²) in [5.74, 6) is 0.745. The van der Waals surface area contributed by atoms with Crippen LogP contribution in [-0.2, 0) is 0 Å². The Balaban J connectivity index is 3.19. The van der Waals surface area contributed by atoms with Crippen LogP contribution in [-0.4, -0.2) is 12.1 Å². The van der Waals surface area contributed by atoms with E-state index in [0.29, 0.717) is 5.75 Å². The molecule has 1 rings (SSSR count). The van der Waals surface area contributed by atoms with Crippen molar-refractivity contribution in [3.05, 3.63) is 22.5 Å². The SMILES string of the molecule is COc1ccc(=O)[nH]c1N. The van der Waals surface area contributed by atoms with Gasteiger partial charge in [0.15, 0.2) is 5.75 Å². The summed E-state index contributed by atoms with van der Waals surface area (Å²) in [6.07, 6.45) is 0. The van der Waals surface area contributed by atoms with Crippen LogP contribution >= 0.6 is 0 Å². The molecule has 0 saturated carbocycles. The van der Waals surface area contributed by atoms with Gasteiger partial charge in [-0.25, -0.2) is 0 Å². The van der Waals surface area contributed by atoms with E-state index in [-0.39, 0.29) is 11.4 Å². The molecular formula is C6H8N2O2. The third-order valence-electron chi connectivity index (χ3n) is 1.13. The second-order valence-corrected chi connectivity index (χ2v) is 1.80. The van der Waals surface area contributed by atoms with E-state index >= 15 is 0 Å². The number of anilines is 1. The van der Waals surface area contributed by atoms with Crippen molar-refractivity contribution >= 4 is 5.82 Å². The minimum Gasteiger partial charge on any atom is -0.493 e. The predicted octanol–water partition coefficient (Wildman–Crippen LogP) is -0.0343. The van der Waals surface area contributed by atoms with Crippen molar-refractivity contribution in [1.29, 1.82) is 0 Å². The summed E-state index contributed by atoms with van der Waals surface area (Å²) in [6.45, 7) is 0. The van der Waals surface area contributed by atoms with E-state index in [2.05, 4.69) is 4.98 Å². The fraction of sp³-hybridized carbons (Fsp3) is 0.167. The number of H-pyrrole nitrogens is 1. The lowest BCUT2D eigenvalue weighted by Gasteiger charge is -2.00. The normalized spacial score (nSPS) is 9.30. The van der Waals surface area contributed by atoms with Gasteiger partial charge in [0.1, 0.15) is 5.82 Å². The number of hydrogen-bond acceptors (Lipinski definition) is 3. The molecule has 3 N–H and O–H groups in total. The summed E-state index contributed by atoms with van der Waals surface area (Å²) >= 11 is 0. The van der Waals surface area contributed by atoms with Crippen LogP contribution in [0.15, 0.2) is 16.9 Å². The lowest BCUT2D eigenvalue weighted by Crippen LogP contribution is -2.07. The average molecular weight is 140 g/mol. The maximum atomic E-state index is 10.6. The van der Waals surface area contributed by atoms with Crippen molar-refractivity contribution in [3.8, 4) is 5.75 Å². The molecule has 0 atom stereocenters. The topological polar surface area (TPSA) is 68.1 Å². The molecule has 1 aromatic rings. The zero-order valence-corrected chi connectivity index (χ0v) is 5.55. The Labute approximate surface area is 57.6 Å². The Kier molecular flexibility index (Phi) is 1.62. The molecule has 0 aromatic carbocycles. The van der Waals surface area contributed by atoms with Gasteiger partial charge >= 0.3 is 0 Å². The van der Waals surface area contributed by atoms with Crippen LogP contribution in [0.3, 0.4) is 0 Å². The minimum absolute atomic E-state index is 0.224. The Morgan fingerprint density at radius 3 is 2.80 bits per heavy atom. The molecule has 54 valence electrons. The number of hydrogen-bond donors (Lipinski definition) is 2. The van der Waals surface area contributed by atoms with Crippen LogP contribution in [0.2, 0.25) is 0 Å². The summed E-state index contributed by atoms with van der Waals surface area (Å²) in [5.41, 5.74) is 5.13. The fourth-order valence-corrected chi connectivity index (χ4v) is 0.655. The summed E-state index contributed by atoms with van der Waals surface area (Å²) in [7, 11) is 1.49. The third kappa shape index (κ3) is 1.10. The van der Waals surface area contributed by atoms with Gasteiger partial charge in [0, 0.05) is 6.07 Å². The van der Waals surface area contributed by atoms with E-state index in [1.807, 2.05) is 0 Å². The molecule has 0 aliphatic heterocycles. The van der Waals surface area contributed by atoms with Crippen LogP contribution in [0, 0.1) is 0 Å². The number of nitrogens with two attached hydrogens (primary N) is 1. The highest BCUT2D eigenvalue weighted by molar-refractivity contribution is 5.44. The second-order valence-electron chi connectivity index (χ2n) is 1.80. The first-order chi connectivity index (χ1) is 4.74. The molecule has 0 amide bonds. The van der Waals surface area contributed by atoms with Gasteiger partial charge in [0.2, 0.25) is 5.56 Å². The number of rotatable bonds is 1. The quantitative estimate of drug-likeness (QED) is 0.575. The Morgan fingerprint density at radius 2 is 2.30 bits per heavy atom. The second kappa shape index (κ2) is 2.43. The molecule has 0 aliphatic rings. The highest BCUT2D eigenvalue weighted by Gasteiger charge is 1.95. The Hall–Kier alpha value is -1.45. The molecule has 0 spiro atoms. The lowest BCUT2D eigenvalue weighted by molar-refractivity contribution is 0.415. The Morgan fingerprint density at radius 1 is 1.60 bits per heavy atom. The summed E-state index contributed by atoms with van der Waals surface area (Å²) in [4.78, 5) is 13.0. The van der Waals surface area contributed by atoms with Gasteiger partial charge in [-0.05, 0) is 6.07 Å². The number of nitrogens with one attached hydrogen (secondary N) is 1. The van der Waals surface area contributed by atoms with E-state index in [1.165, 1.54) is 19.2 Å². The van der Waals surface area contributed by atoms with Crippen molar-refractivity contribution in [2.24, 2.45) is 0 Å². The lowest BCUT2D eigenvalue weighted by atomic mass is 10.4. The van der Waals surface area contributed by atoms with E-state index in [0.717, 1.165) is 0 Å². The maximum absolute atomic E-state index is 10.6. The number of aromatic nitrogens is 1. The van der Waals surface area contributed by atoms with Gasteiger partial charge < -0.3 is 15.5 Å². The van der Waals surface area contributed by atoms with Crippen molar-refractivity contribution in [2.75, 3.05) is 12.8 Å². The zero-order valence-electron chi connectivity index (χ0n) is 5.55. The van der Waals surface area contributed by atoms with E-state index in [9.17, 15) is 4.79 Å². The van der Waals surface area contributed by atoms with Gasteiger partial charge in [0.05, 0.1) is 7.11 Å². The van der Waals surface area contributed by atoms with Crippen LogP contribution in [0.1, 0.15) is 0 Å². The number of aromatic amines is 1. The van der Waals surface area contributed by atoms with Crippen LogP contribution < -0.4 is 16.0 Å². The third-order valence-corrected chi connectivity index (χ3v) is 1.13. The predicted molar refractivity (Wildman–Crippen MR) is 38.0 cm³/mol. The summed E-state index contributed by atoms with van der Waals surface area (Å²) < 4.78 is 4.80. The van der Waals surface area contributed by atoms with Crippen molar-refractivity contribution in [1.82, 2.24) is 4.98 Å². The molecule has 10 heavy (non-hydrogen) atoms. The molecule has 1 aromatic heterocycles. The van der Waals surface area contributed by atoms with Crippen LogP contribution in [0.25, 0.3) is 0 Å². The molecule has 0 bridgehead atoms. The molecule has 0 unspecified atom stereocenters. The van der Waals surface area contributed by atoms with E-state index < -0.39 is 0 Å².